The minimum atomic E-state index is -3.95. The first-order valence-corrected chi connectivity index (χ1v) is 7.92. The van der Waals surface area contributed by atoms with Gasteiger partial charge in [-0.05, 0) is 44.2 Å². The van der Waals surface area contributed by atoms with Gasteiger partial charge in [0.25, 0.3) is 5.69 Å². The Balaban J connectivity index is 2.40. The summed E-state index contributed by atoms with van der Waals surface area (Å²) in [6, 6.07) is 3.56. The molecule has 7 nitrogen and oxygen atoms in total. The number of nitrogens with one attached hydrogen (secondary N) is 1. The summed E-state index contributed by atoms with van der Waals surface area (Å²) in [4.78, 5) is 10.2. The van der Waals surface area contributed by atoms with Gasteiger partial charge >= 0.3 is 0 Å². The first-order valence-electron chi connectivity index (χ1n) is 6.44. The lowest BCUT2D eigenvalue weighted by Gasteiger charge is -2.12. The molecular formula is C13H15N3O4S. The number of hydrogen-bond donors (Lipinski definition) is 1. The van der Waals surface area contributed by atoms with Crippen molar-refractivity contribution < 1.29 is 13.3 Å². The third-order valence-corrected chi connectivity index (χ3v) is 5.06. The number of nitriles is 1. The van der Waals surface area contributed by atoms with Crippen LogP contribution in [0.2, 0.25) is 0 Å². The lowest BCUT2D eigenvalue weighted by atomic mass is 10.1. The average Bonchev–Trinajstić information content (AvgIpc) is 3.22. The maximum absolute atomic E-state index is 12.3. The highest BCUT2D eigenvalue weighted by molar-refractivity contribution is 7.89. The summed E-state index contributed by atoms with van der Waals surface area (Å²) in [6.45, 7) is 3.18. The number of aryl methyl sites for hydroxylation is 1. The van der Waals surface area contributed by atoms with Gasteiger partial charge < -0.3 is 0 Å². The van der Waals surface area contributed by atoms with Crippen molar-refractivity contribution in [2.45, 2.75) is 37.6 Å². The van der Waals surface area contributed by atoms with E-state index in [0.717, 1.165) is 18.9 Å². The van der Waals surface area contributed by atoms with Gasteiger partial charge in [0, 0.05) is 11.6 Å². The van der Waals surface area contributed by atoms with E-state index in [-0.39, 0.29) is 16.5 Å². The molecule has 1 saturated carbocycles. The molecule has 0 saturated heterocycles. The standard InChI is InChI=1S/C13H15N3O4S/c1-8-5-11(6-13(9(8)2)16(17)18)21(19,20)15-12(7-14)10-3-4-10/h5-6,10,12,15H,3-4H2,1-2H3. The summed E-state index contributed by atoms with van der Waals surface area (Å²) < 4.78 is 26.9. The van der Waals surface area contributed by atoms with E-state index in [1.54, 1.807) is 13.8 Å². The molecule has 1 aliphatic carbocycles. The Hall–Kier alpha value is -1.98. The van der Waals surface area contributed by atoms with E-state index in [9.17, 15) is 18.5 Å². The Morgan fingerprint density at radius 2 is 2.05 bits per heavy atom. The summed E-state index contributed by atoms with van der Waals surface area (Å²) in [5.41, 5.74) is 0.706. The van der Waals surface area contributed by atoms with E-state index in [4.69, 9.17) is 5.26 Å². The Kier molecular flexibility index (Phi) is 3.98. The minimum absolute atomic E-state index is 0.0336. The predicted octanol–water partition coefficient (Wildman–Crippen LogP) is 1.79. The topological polar surface area (TPSA) is 113 Å². The van der Waals surface area contributed by atoms with Crippen LogP contribution in [0.25, 0.3) is 0 Å². The zero-order valence-electron chi connectivity index (χ0n) is 11.7. The highest BCUT2D eigenvalue weighted by atomic mass is 32.2. The summed E-state index contributed by atoms with van der Waals surface area (Å²) in [5, 5.41) is 20.0. The fourth-order valence-electron chi connectivity index (χ4n) is 2.05. The highest BCUT2D eigenvalue weighted by Crippen LogP contribution is 2.33. The van der Waals surface area contributed by atoms with Crippen LogP contribution < -0.4 is 4.72 Å². The van der Waals surface area contributed by atoms with Crippen molar-refractivity contribution in [2.24, 2.45) is 5.92 Å². The Morgan fingerprint density at radius 3 is 2.52 bits per heavy atom. The predicted molar refractivity (Wildman–Crippen MR) is 75.0 cm³/mol. The van der Waals surface area contributed by atoms with Crippen LogP contribution in [-0.4, -0.2) is 19.4 Å². The number of sulfonamides is 1. The number of benzene rings is 1. The van der Waals surface area contributed by atoms with Crippen molar-refractivity contribution in [1.29, 1.82) is 5.26 Å². The summed E-state index contributed by atoms with van der Waals surface area (Å²) in [5.74, 6) is 0.0336. The van der Waals surface area contributed by atoms with Gasteiger partial charge in [-0.1, -0.05) is 0 Å². The lowest BCUT2D eigenvalue weighted by molar-refractivity contribution is -0.385. The van der Waals surface area contributed by atoms with Gasteiger partial charge in [0.1, 0.15) is 6.04 Å². The monoisotopic (exact) mass is 309 g/mol. The molecule has 1 N–H and O–H groups in total. The minimum Gasteiger partial charge on any atom is -0.258 e. The number of nitro groups is 1. The van der Waals surface area contributed by atoms with Crippen molar-refractivity contribution >= 4 is 15.7 Å². The van der Waals surface area contributed by atoms with Gasteiger partial charge in [-0.3, -0.25) is 10.1 Å². The fourth-order valence-corrected chi connectivity index (χ4v) is 3.36. The molecule has 1 aliphatic rings. The van der Waals surface area contributed by atoms with Crippen molar-refractivity contribution in [3.05, 3.63) is 33.4 Å². The lowest BCUT2D eigenvalue weighted by Crippen LogP contribution is -2.35. The van der Waals surface area contributed by atoms with Crippen LogP contribution in [0.4, 0.5) is 5.69 Å². The molecule has 1 aromatic rings. The third kappa shape index (κ3) is 3.20. The Bertz CT molecular complexity index is 733. The zero-order valence-corrected chi connectivity index (χ0v) is 12.5. The number of nitrogens with zero attached hydrogens (tertiary/aromatic N) is 2. The largest absolute Gasteiger partial charge is 0.273 e. The normalized spacial score (nSPS) is 16.2. The zero-order chi connectivity index (χ0) is 15.8. The van der Waals surface area contributed by atoms with E-state index in [0.29, 0.717) is 11.1 Å². The molecule has 112 valence electrons. The average molecular weight is 309 g/mol. The van der Waals surface area contributed by atoms with E-state index in [1.807, 2.05) is 6.07 Å². The molecule has 0 spiro atoms. The van der Waals surface area contributed by atoms with Gasteiger partial charge in [-0.25, -0.2) is 8.42 Å². The maximum atomic E-state index is 12.3. The molecular weight excluding hydrogens is 294 g/mol. The number of hydrogen-bond acceptors (Lipinski definition) is 5. The van der Waals surface area contributed by atoms with Gasteiger partial charge in [0.05, 0.1) is 15.9 Å². The molecule has 1 atom stereocenters. The second-order valence-electron chi connectivity index (χ2n) is 5.21. The van der Waals surface area contributed by atoms with Crippen molar-refractivity contribution in [3.8, 4) is 6.07 Å². The molecule has 0 aliphatic heterocycles. The van der Waals surface area contributed by atoms with Gasteiger partial charge in [-0.2, -0.15) is 9.98 Å². The molecule has 1 aromatic carbocycles. The second-order valence-corrected chi connectivity index (χ2v) is 6.92. The summed E-state index contributed by atoms with van der Waals surface area (Å²) in [6.07, 6.45) is 1.63. The van der Waals surface area contributed by atoms with Crippen molar-refractivity contribution in [1.82, 2.24) is 4.72 Å². The molecule has 0 bridgehead atoms. The van der Waals surface area contributed by atoms with E-state index in [2.05, 4.69) is 4.72 Å². The first kappa shape index (κ1) is 15.4. The molecule has 8 heteroatoms. The third-order valence-electron chi connectivity index (χ3n) is 3.64. The fraction of sp³-hybridized carbons (Fsp3) is 0.462. The number of rotatable bonds is 5. The second kappa shape index (κ2) is 5.42. The van der Waals surface area contributed by atoms with Crippen LogP contribution in [0.5, 0.6) is 0 Å². The molecule has 0 aromatic heterocycles. The Labute approximate surface area is 122 Å². The van der Waals surface area contributed by atoms with E-state index < -0.39 is 21.0 Å². The first-order chi connectivity index (χ1) is 9.76. The summed E-state index contributed by atoms with van der Waals surface area (Å²) in [7, 11) is -3.95. The van der Waals surface area contributed by atoms with Gasteiger partial charge in [0.15, 0.2) is 0 Å². The number of nitro benzene ring substituents is 1. The van der Waals surface area contributed by atoms with Crippen LogP contribution in [0.15, 0.2) is 17.0 Å². The molecule has 1 fully saturated rings. The van der Waals surface area contributed by atoms with Crippen molar-refractivity contribution in [2.75, 3.05) is 0 Å². The molecule has 0 heterocycles. The Morgan fingerprint density at radius 1 is 1.43 bits per heavy atom. The highest BCUT2D eigenvalue weighted by Gasteiger charge is 2.35. The van der Waals surface area contributed by atoms with Gasteiger partial charge in [0.2, 0.25) is 10.0 Å². The van der Waals surface area contributed by atoms with Crippen molar-refractivity contribution in [3.63, 3.8) is 0 Å². The SMILES string of the molecule is Cc1cc(S(=O)(=O)NC(C#N)C2CC2)cc([N+](=O)[O-])c1C. The van der Waals surface area contributed by atoms with E-state index in [1.165, 1.54) is 6.07 Å². The summed E-state index contributed by atoms with van der Waals surface area (Å²) >= 11 is 0. The van der Waals surface area contributed by atoms with E-state index >= 15 is 0 Å². The molecule has 0 radical (unpaired) electrons. The maximum Gasteiger partial charge on any atom is 0.273 e. The van der Waals surface area contributed by atoms with Crippen LogP contribution in [0.3, 0.4) is 0 Å². The molecule has 2 rings (SSSR count). The smallest absolute Gasteiger partial charge is 0.258 e. The molecule has 1 unspecified atom stereocenters. The van der Waals surface area contributed by atoms with Crippen LogP contribution in [0.1, 0.15) is 24.0 Å². The van der Waals surface area contributed by atoms with Crippen LogP contribution in [0, 0.1) is 41.2 Å². The van der Waals surface area contributed by atoms with Gasteiger partial charge in [-0.15, -0.1) is 0 Å². The molecule has 21 heavy (non-hydrogen) atoms. The quantitative estimate of drug-likeness (QED) is 0.658. The van der Waals surface area contributed by atoms with Crippen LogP contribution >= 0.6 is 0 Å². The molecule has 0 amide bonds. The van der Waals surface area contributed by atoms with Crippen LogP contribution in [-0.2, 0) is 10.0 Å².